The van der Waals surface area contributed by atoms with Gasteiger partial charge in [0.1, 0.15) is 11.6 Å². The van der Waals surface area contributed by atoms with Crippen LogP contribution in [0.3, 0.4) is 0 Å². The summed E-state index contributed by atoms with van der Waals surface area (Å²) >= 11 is 3.12. The summed E-state index contributed by atoms with van der Waals surface area (Å²) in [6.45, 7) is 1.64. The van der Waals surface area contributed by atoms with Gasteiger partial charge in [0.25, 0.3) is 0 Å². The van der Waals surface area contributed by atoms with E-state index in [2.05, 4.69) is 20.9 Å². The van der Waals surface area contributed by atoms with Crippen LogP contribution in [0.2, 0.25) is 0 Å². The lowest BCUT2D eigenvalue weighted by molar-refractivity contribution is -0.133. The van der Waals surface area contributed by atoms with Crippen molar-refractivity contribution < 1.29 is 19.1 Å². The molecular weight excluding hydrogens is 353 g/mol. The number of carbonyl (C=O) groups excluding carboxylic acids is 1. The van der Waals surface area contributed by atoms with Crippen LogP contribution in [0.4, 0.5) is 4.39 Å². The number of hydrogen-bond donors (Lipinski definition) is 1. The van der Waals surface area contributed by atoms with Crippen LogP contribution >= 0.6 is 15.9 Å². The molecule has 0 aromatic heterocycles. The highest BCUT2D eigenvalue weighted by Gasteiger charge is 2.44. The van der Waals surface area contributed by atoms with E-state index in [0.717, 1.165) is 5.71 Å². The largest absolute Gasteiger partial charge is 0.478 e. The van der Waals surface area contributed by atoms with E-state index in [-0.39, 0.29) is 15.8 Å². The number of carboxylic acids is 1. The van der Waals surface area contributed by atoms with Crippen LogP contribution in [0.5, 0.6) is 0 Å². The van der Waals surface area contributed by atoms with E-state index < -0.39 is 23.6 Å². The monoisotopic (exact) mass is 365 g/mol. The van der Waals surface area contributed by atoms with Crippen molar-refractivity contribution in [1.29, 1.82) is 0 Å². The first-order chi connectivity index (χ1) is 10.4. The Hall–Kier alpha value is -1.82. The van der Waals surface area contributed by atoms with Gasteiger partial charge < -0.3 is 5.11 Å². The number of ketones is 1. The minimum absolute atomic E-state index is 0.00422. The van der Waals surface area contributed by atoms with E-state index in [1.165, 1.54) is 12.1 Å². The average molecular weight is 366 g/mol. The first-order valence-corrected chi connectivity index (χ1v) is 7.68. The maximum absolute atomic E-state index is 13.5. The van der Waals surface area contributed by atoms with Crippen molar-refractivity contribution in [3.63, 3.8) is 0 Å². The van der Waals surface area contributed by atoms with E-state index in [4.69, 9.17) is 0 Å². The molecule has 4 nitrogen and oxygen atoms in total. The molecule has 1 aliphatic heterocycles. The zero-order valence-electron chi connectivity index (χ0n) is 11.8. The molecule has 0 bridgehead atoms. The van der Waals surface area contributed by atoms with Gasteiger partial charge in [0, 0.05) is 23.7 Å². The van der Waals surface area contributed by atoms with Gasteiger partial charge in [-0.25, -0.2) is 9.18 Å². The molecule has 3 rings (SSSR count). The SMILES string of the molecule is CC1=C(C(=O)O)C(c2ccc(F)c(Br)c2)C2C(=O)CCC2=N1. The Morgan fingerprint density at radius 1 is 1.36 bits per heavy atom. The Kier molecular flexibility index (Phi) is 3.72. The number of rotatable bonds is 2. The molecule has 2 atom stereocenters. The Balaban J connectivity index is 2.19. The number of carbonyl (C=O) groups is 2. The molecule has 2 unspecified atom stereocenters. The maximum Gasteiger partial charge on any atom is 0.334 e. The molecule has 1 aliphatic carbocycles. The molecule has 0 radical (unpaired) electrons. The van der Waals surface area contributed by atoms with E-state index in [1.807, 2.05) is 0 Å². The van der Waals surface area contributed by atoms with Gasteiger partial charge in [0.15, 0.2) is 0 Å². The van der Waals surface area contributed by atoms with Crippen molar-refractivity contribution in [2.45, 2.75) is 25.7 Å². The van der Waals surface area contributed by atoms with Crippen LogP contribution in [-0.2, 0) is 9.59 Å². The predicted molar refractivity (Wildman–Crippen MR) is 82.3 cm³/mol. The summed E-state index contributed by atoms with van der Waals surface area (Å²) in [5, 5.41) is 9.55. The average Bonchev–Trinajstić information content (AvgIpc) is 2.81. The summed E-state index contributed by atoms with van der Waals surface area (Å²) in [6, 6.07) is 4.36. The number of fused-ring (bicyclic) bond motifs is 1. The van der Waals surface area contributed by atoms with E-state index >= 15 is 0 Å². The molecule has 2 aliphatic rings. The van der Waals surface area contributed by atoms with Crippen LogP contribution in [0.25, 0.3) is 0 Å². The topological polar surface area (TPSA) is 66.7 Å². The van der Waals surface area contributed by atoms with Gasteiger partial charge in [0.2, 0.25) is 0 Å². The van der Waals surface area contributed by atoms with Crippen LogP contribution in [0, 0.1) is 11.7 Å². The summed E-state index contributed by atoms with van der Waals surface area (Å²) < 4.78 is 13.7. The molecule has 0 saturated heterocycles. The lowest BCUT2D eigenvalue weighted by Gasteiger charge is -2.29. The second kappa shape index (κ2) is 5.43. The third-order valence-electron chi connectivity index (χ3n) is 4.21. The summed E-state index contributed by atoms with van der Waals surface area (Å²) in [7, 11) is 0. The molecule has 1 aromatic carbocycles. The molecule has 1 saturated carbocycles. The number of aliphatic imine (C=N–C) groups is 1. The van der Waals surface area contributed by atoms with Gasteiger partial charge in [-0.15, -0.1) is 0 Å². The van der Waals surface area contributed by atoms with Crippen molar-refractivity contribution in [2.24, 2.45) is 10.9 Å². The highest BCUT2D eigenvalue weighted by Crippen LogP contribution is 2.44. The Morgan fingerprint density at radius 2 is 2.09 bits per heavy atom. The molecule has 1 heterocycles. The van der Waals surface area contributed by atoms with Crippen LogP contribution in [0.15, 0.2) is 38.9 Å². The zero-order valence-corrected chi connectivity index (χ0v) is 13.4. The van der Waals surface area contributed by atoms with Crippen LogP contribution in [-0.4, -0.2) is 22.6 Å². The second-order valence-corrected chi connectivity index (χ2v) is 6.36. The quantitative estimate of drug-likeness (QED) is 0.872. The van der Waals surface area contributed by atoms with Gasteiger partial charge in [0.05, 0.1) is 16.0 Å². The third-order valence-corrected chi connectivity index (χ3v) is 4.82. The lowest BCUT2D eigenvalue weighted by Crippen LogP contribution is -2.31. The predicted octanol–water partition coefficient (Wildman–Crippen LogP) is 3.46. The first kappa shape index (κ1) is 15.1. The molecule has 22 heavy (non-hydrogen) atoms. The minimum atomic E-state index is -1.09. The zero-order chi connectivity index (χ0) is 16.0. The molecule has 0 spiro atoms. The molecular formula is C16H13BrFNO3. The van der Waals surface area contributed by atoms with Crippen LogP contribution < -0.4 is 0 Å². The normalized spacial score (nSPS) is 24.3. The van der Waals surface area contributed by atoms with Gasteiger partial charge in [-0.05, 0) is 47.0 Å². The molecule has 0 amide bonds. The van der Waals surface area contributed by atoms with E-state index in [0.29, 0.717) is 24.1 Å². The number of allylic oxidation sites excluding steroid dienone is 1. The van der Waals surface area contributed by atoms with Crippen molar-refractivity contribution in [2.75, 3.05) is 0 Å². The van der Waals surface area contributed by atoms with Crippen molar-refractivity contribution in [1.82, 2.24) is 0 Å². The summed E-state index contributed by atoms with van der Waals surface area (Å²) in [5.41, 5.74) is 1.87. The van der Waals surface area contributed by atoms with Gasteiger partial charge in [-0.2, -0.15) is 0 Å². The fourth-order valence-corrected chi connectivity index (χ4v) is 3.67. The third kappa shape index (κ3) is 2.31. The van der Waals surface area contributed by atoms with Gasteiger partial charge in [-0.3, -0.25) is 9.79 Å². The number of carboxylic acid groups (broad SMARTS) is 1. The second-order valence-electron chi connectivity index (χ2n) is 5.50. The Morgan fingerprint density at radius 3 is 2.73 bits per heavy atom. The minimum Gasteiger partial charge on any atom is -0.478 e. The highest BCUT2D eigenvalue weighted by molar-refractivity contribution is 9.10. The fourth-order valence-electron chi connectivity index (χ4n) is 3.27. The number of Topliss-reactive ketones (excluding diaryl/α,β-unsaturated/α-hetero) is 1. The standard InChI is InChI=1S/C16H13BrFNO3/c1-7-13(16(21)22)14(8-2-3-10(18)9(17)6-8)15-11(19-7)4-5-12(15)20/h2-3,6,14-15H,4-5H2,1H3,(H,21,22). The number of aliphatic carboxylic acids is 1. The summed E-state index contributed by atoms with van der Waals surface area (Å²) in [6.07, 6.45) is 0.940. The molecule has 1 N–H and O–H groups in total. The lowest BCUT2D eigenvalue weighted by atomic mass is 9.76. The number of nitrogens with zero attached hydrogens (tertiary/aromatic N) is 1. The number of benzene rings is 1. The molecule has 1 aromatic rings. The number of halogens is 2. The van der Waals surface area contributed by atoms with Crippen LogP contribution in [0.1, 0.15) is 31.2 Å². The van der Waals surface area contributed by atoms with Crippen molar-refractivity contribution >= 4 is 33.4 Å². The molecule has 6 heteroatoms. The smallest absolute Gasteiger partial charge is 0.334 e. The van der Waals surface area contributed by atoms with E-state index in [9.17, 15) is 19.1 Å². The number of hydrogen-bond acceptors (Lipinski definition) is 3. The van der Waals surface area contributed by atoms with Crippen molar-refractivity contribution in [3.05, 3.63) is 45.3 Å². The molecule has 1 fully saturated rings. The fraction of sp³-hybridized carbons (Fsp3) is 0.312. The Labute approximate surface area is 134 Å². The van der Waals surface area contributed by atoms with Gasteiger partial charge in [-0.1, -0.05) is 6.07 Å². The van der Waals surface area contributed by atoms with Gasteiger partial charge >= 0.3 is 5.97 Å². The van der Waals surface area contributed by atoms with Crippen molar-refractivity contribution in [3.8, 4) is 0 Å². The first-order valence-electron chi connectivity index (χ1n) is 6.89. The highest BCUT2D eigenvalue weighted by atomic mass is 79.9. The van der Waals surface area contributed by atoms with E-state index in [1.54, 1.807) is 13.0 Å². The summed E-state index contributed by atoms with van der Waals surface area (Å²) in [4.78, 5) is 28.2. The maximum atomic E-state index is 13.5. The summed E-state index contributed by atoms with van der Waals surface area (Å²) in [5.74, 6) is -2.69. The molecule has 114 valence electrons. The Bertz CT molecular complexity index is 754.